The van der Waals surface area contributed by atoms with Crippen LogP contribution in [0.2, 0.25) is 10.0 Å². The van der Waals surface area contributed by atoms with Crippen LogP contribution in [-0.2, 0) is 0 Å². The van der Waals surface area contributed by atoms with Gasteiger partial charge in [0.15, 0.2) is 0 Å². The van der Waals surface area contributed by atoms with Crippen molar-refractivity contribution < 1.29 is 0 Å². The van der Waals surface area contributed by atoms with Crippen molar-refractivity contribution in [3.63, 3.8) is 0 Å². The number of halogens is 2. The third-order valence-electron chi connectivity index (χ3n) is 3.17. The zero-order chi connectivity index (χ0) is 11.5. The van der Waals surface area contributed by atoms with E-state index in [-0.39, 0.29) is 6.04 Å². The smallest absolute Gasteiger partial charge is 0.0595 e. The van der Waals surface area contributed by atoms with Gasteiger partial charge in [-0.3, -0.25) is 0 Å². The first-order valence-electron chi connectivity index (χ1n) is 5.59. The van der Waals surface area contributed by atoms with Crippen LogP contribution >= 0.6 is 23.2 Å². The molecule has 1 aromatic carbocycles. The van der Waals surface area contributed by atoms with Gasteiger partial charge in [0.25, 0.3) is 0 Å². The van der Waals surface area contributed by atoms with Gasteiger partial charge in [0.2, 0.25) is 0 Å². The fraction of sp³-hybridized carbons (Fsp3) is 0.500. The first kappa shape index (κ1) is 12.2. The summed E-state index contributed by atoms with van der Waals surface area (Å²) in [6, 6.07) is 5.70. The van der Waals surface area contributed by atoms with Crippen molar-refractivity contribution in [3.05, 3.63) is 33.8 Å². The number of nitrogens with one attached hydrogen (secondary N) is 1. The van der Waals surface area contributed by atoms with Crippen molar-refractivity contribution in [1.29, 1.82) is 0 Å². The third kappa shape index (κ3) is 2.69. The fourth-order valence-corrected chi connectivity index (χ4v) is 2.48. The summed E-state index contributed by atoms with van der Waals surface area (Å²) in [6.07, 6.45) is 2.37. The van der Waals surface area contributed by atoms with E-state index in [4.69, 9.17) is 28.9 Å². The largest absolute Gasteiger partial charge is 0.324 e. The molecule has 1 aliphatic rings. The number of piperidine rings is 1. The highest BCUT2D eigenvalue weighted by atomic mass is 35.5. The van der Waals surface area contributed by atoms with Gasteiger partial charge in [0.05, 0.1) is 10.0 Å². The van der Waals surface area contributed by atoms with Crippen LogP contribution < -0.4 is 11.1 Å². The Balaban J connectivity index is 2.12. The molecule has 0 bridgehead atoms. The van der Waals surface area contributed by atoms with Crippen LogP contribution in [-0.4, -0.2) is 13.1 Å². The van der Waals surface area contributed by atoms with E-state index in [0.29, 0.717) is 16.0 Å². The maximum Gasteiger partial charge on any atom is 0.0595 e. The summed E-state index contributed by atoms with van der Waals surface area (Å²) < 4.78 is 0. The Bertz CT molecular complexity index is 362. The van der Waals surface area contributed by atoms with Gasteiger partial charge in [-0.15, -0.1) is 0 Å². The Morgan fingerprint density at radius 1 is 1.31 bits per heavy atom. The van der Waals surface area contributed by atoms with Crippen molar-refractivity contribution in [2.45, 2.75) is 18.9 Å². The fourth-order valence-electron chi connectivity index (χ4n) is 2.18. The van der Waals surface area contributed by atoms with E-state index in [9.17, 15) is 0 Å². The summed E-state index contributed by atoms with van der Waals surface area (Å²) in [5.74, 6) is 0.492. The van der Waals surface area contributed by atoms with Gasteiger partial charge < -0.3 is 11.1 Å². The molecule has 4 heteroatoms. The number of hydrogen-bond acceptors (Lipinski definition) is 2. The second kappa shape index (κ2) is 5.37. The molecule has 16 heavy (non-hydrogen) atoms. The second-order valence-corrected chi connectivity index (χ2v) is 5.12. The molecule has 2 rings (SSSR count). The molecule has 0 aromatic heterocycles. The molecule has 0 spiro atoms. The highest BCUT2D eigenvalue weighted by Gasteiger charge is 2.21. The summed E-state index contributed by atoms with van der Waals surface area (Å²) >= 11 is 11.9. The highest BCUT2D eigenvalue weighted by Crippen LogP contribution is 2.29. The number of hydrogen-bond donors (Lipinski definition) is 2. The van der Waals surface area contributed by atoms with Crippen LogP contribution in [0.5, 0.6) is 0 Å². The predicted octanol–water partition coefficient (Wildman–Crippen LogP) is 2.99. The summed E-state index contributed by atoms with van der Waals surface area (Å²) in [5.41, 5.74) is 7.32. The Morgan fingerprint density at radius 2 is 2.12 bits per heavy atom. The molecule has 2 nitrogen and oxygen atoms in total. The van der Waals surface area contributed by atoms with Gasteiger partial charge >= 0.3 is 0 Å². The number of rotatable bonds is 2. The van der Waals surface area contributed by atoms with Gasteiger partial charge in [0, 0.05) is 6.04 Å². The standard InChI is InChI=1S/C12H16Cl2N2/c13-10-4-3-8(6-11(10)14)12(15)9-2-1-5-16-7-9/h3-4,6,9,12,16H,1-2,5,7,15H2. The Kier molecular flexibility index (Phi) is 4.09. The van der Waals surface area contributed by atoms with Crippen LogP contribution in [0.25, 0.3) is 0 Å². The Labute approximate surface area is 106 Å². The van der Waals surface area contributed by atoms with E-state index >= 15 is 0 Å². The normalized spacial score (nSPS) is 23.1. The molecule has 1 saturated heterocycles. The zero-order valence-corrected chi connectivity index (χ0v) is 10.6. The lowest BCUT2D eigenvalue weighted by atomic mass is 9.88. The topological polar surface area (TPSA) is 38.0 Å². The van der Waals surface area contributed by atoms with Crippen LogP contribution in [0.3, 0.4) is 0 Å². The SMILES string of the molecule is NC(c1ccc(Cl)c(Cl)c1)C1CCCNC1. The number of nitrogens with two attached hydrogens (primary N) is 1. The minimum absolute atomic E-state index is 0.0440. The monoisotopic (exact) mass is 258 g/mol. The van der Waals surface area contributed by atoms with Crippen molar-refractivity contribution in [2.75, 3.05) is 13.1 Å². The predicted molar refractivity (Wildman–Crippen MR) is 69.0 cm³/mol. The molecule has 0 saturated carbocycles. The molecule has 2 atom stereocenters. The molecule has 88 valence electrons. The van der Waals surface area contributed by atoms with Crippen LogP contribution in [0, 0.1) is 5.92 Å². The summed E-state index contributed by atoms with van der Waals surface area (Å²) in [4.78, 5) is 0. The summed E-state index contributed by atoms with van der Waals surface area (Å²) in [5, 5.41) is 4.54. The number of benzene rings is 1. The highest BCUT2D eigenvalue weighted by molar-refractivity contribution is 6.42. The Morgan fingerprint density at radius 3 is 2.75 bits per heavy atom. The van der Waals surface area contributed by atoms with Crippen molar-refractivity contribution in [3.8, 4) is 0 Å². The molecule has 0 aliphatic carbocycles. The molecule has 1 fully saturated rings. The van der Waals surface area contributed by atoms with Crippen molar-refractivity contribution in [1.82, 2.24) is 5.32 Å². The van der Waals surface area contributed by atoms with E-state index < -0.39 is 0 Å². The second-order valence-electron chi connectivity index (χ2n) is 4.31. The minimum Gasteiger partial charge on any atom is -0.324 e. The van der Waals surface area contributed by atoms with E-state index in [1.165, 1.54) is 12.8 Å². The lowest BCUT2D eigenvalue weighted by Gasteiger charge is -2.28. The zero-order valence-electron chi connectivity index (χ0n) is 9.05. The molecule has 2 unspecified atom stereocenters. The van der Waals surface area contributed by atoms with Gasteiger partial charge in [-0.2, -0.15) is 0 Å². The van der Waals surface area contributed by atoms with Crippen LogP contribution in [0.15, 0.2) is 18.2 Å². The summed E-state index contributed by atoms with van der Waals surface area (Å²) in [7, 11) is 0. The molecule has 0 amide bonds. The summed E-state index contributed by atoms with van der Waals surface area (Å²) in [6.45, 7) is 2.09. The van der Waals surface area contributed by atoms with Crippen LogP contribution in [0.4, 0.5) is 0 Å². The molecule has 3 N–H and O–H groups in total. The molecular formula is C12H16Cl2N2. The molecule has 1 heterocycles. The van der Waals surface area contributed by atoms with Crippen LogP contribution in [0.1, 0.15) is 24.4 Å². The van der Waals surface area contributed by atoms with E-state index in [2.05, 4.69) is 5.32 Å². The first-order valence-corrected chi connectivity index (χ1v) is 6.35. The van der Waals surface area contributed by atoms with E-state index in [0.717, 1.165) is 18.7 Å². The van der Waals surface area contributed by atoms with Crippen molar-refractivity contribution in [2.24, 2.45) is 11.7 Å². The maximum absolute atomic E-state index is 6.25. The van der Waals surface area contributed by atoms with Crippen molar-refractivity contribution >= 4 is 23.2 Å². The molecular weight excluding hydrogens is 243 g/mol. The van der Waals surface area contributed by atoms with E-state index in [1.807, 2.05) is 18.2 Å². The maximum atomic E-state index is 6.25. The van der Waals surface area contributed by atoms with E-state index in [1.54, 1.807) is 0 Å². The molecule has 0 radical (unpaired) electrons. The van der Waals surface area contributed by atoms with Gasteiger partial charge in [0.1, 0.15) is 0 Å². The lowest BCUT2D eigenvalue weighted by Crippen LogP contribution is -2.36. The third-order valence-corrected chi connectivity index (χ3v) is 3.91. The van der Waals surface area contributed by atoms with Gasteiger partial charge in [-0.25, -0.2) is 0 Å². The van der Waals surface area contributed by atoms with Gasteiger partial charge in [-0.05, 0) is 49.5 Å². The quantitative estimate of drug-likeness (QED) is 0.856. The first-order chi connectivity index (χ1) is 7.68. The minimum atomic E-state index is 0.0440. The van der Waals surface area contributed by atoms with Gasteiger partial charge in [-0.1, -0.05) is 29.3 Å². The lowest BCUT2D eigenvalue weighted by molar-refractivity contribution is 0.326. The average Bonchev–Trinajstić information content (AvgIpc) is 2.33. The Hall–Kier alpha value is -0.280. The average molecular weight is 259 g/mol. The molecule has 1 aromatic rings. The molecule has 1 aliphatic heterocycles.